The highest BCUT2D eigenvalue weighted by Gasteiger charge is 2.06. The van der Waals surface area contributed by atoms with E-state index < -0.39 is 11.8 Å². The van der Waals surface area contributed by atoms with E-state index in [-0.39, 0.29) is 0 Å². The Morgan fingerprint density at radius 2 is 1.76 bits per heavy atom. The number of amides is 2. The second-order valence-corrected chi connectivity index (χ2v) is 4.98. The molecule has 0 bridgehead atoms. The molecule has 2 aromatic rings. The lowest BCUT2D eigenvalue weighted by Gasteiger charge is -2.07. The van der Waals surface area contributed by atoms with Gasteiger partial charge in [-0.3, -0.25) is 20.4 Å². The molecule has 0 aliphatic carbocycles. The normalized spacial score (nSPS) is 10.3. The van der Waals surface area contributed by atoms with E-state index in [1.165, 1.54) is 6.08 Å². The van der Waals surface area contributed by atoms with Gasteiger partial charge in [0.05, 0.1) is 13.7 Å². The molecule has 0 unspecified atom stereocenters. The largest absolute Gasteiger partial charge is 0.496 e. The predicted octanol–water partition coefficient (Wildman–Crippen LogP) is 2.57. The summed E-state index contributed by atoms with van der Waals surface area (Å²) in [5, 5.41) is 0. The number of hydrogen-bond donors (Lipinski definition) is 2. The van der Waals surface area contributed by atoms with Gasteiger partial charge in [-0.1, -0.05) is 18.2 Å². The molecule has 0 radical (unpaired) electrons. The first-order valence-electron chi connectivity index (χ1n) is 7.78. The van der Waals surface area contributed by atoms with E-state index in [1.807, 2.05) is 25.1 Å². The fourth-order valence-corrected chi connectivity index (χ4v) is 2.07. The van der Waals surface area contributed by atoms with Gasteiger partial charge in [0.15, 0.2) is 0 Å². The molecule has 6 nitrogen and oxygen atoms in total. The van der Waals surface area contributed by atoms with Crippen LogP contribution in [0.3, 0.4) is 0 Å². The van der Waals surface area contributed by atoms with Gasteiger partial charge in [0.25, 0.3) is 11.8 Å². The molecule has 2 aromatic carbocycles. The van der Waals surface area contributed by atoms with Crippen molar-refractivity contribution in [2.24, 2.45) is 0 Å². The molecule has 0 spiro atoms. The molecule has 0 aliphatic heterocycles. The van der Waals surface area contributed by atoms with Gasteiger partial charge in [-0.05, 0) is 43.3 Å². The smallest absolute Gasteiger partial charge is 0.269 e. The molecule has 2 rings (SSSR count). The minimum atomic E-state index is -0.454. The second-order valence-electron chi connectivity index (χ2n) is 4.98. The van der Waals surface area contributed by atoms with Crippen molar-refractivity contribution in [1.82, 2.24) is 10.9 Å². The molecule has 0 aromatic heterocycles. The van der Waals surface area contributed by atoms with Crippen molar-refractivity contribution in [3.05, 3.63) is 65.7 Å². The molecule has 0 heterocycles. The van der Waals surface area contributed by atoms with Gasteiger partial charge in [0.2, 0.25) is 0 Å². The topological polar surface area (TPSA) is 76.7 Å². The lowest BCUT2D eigenvalue weighted by Crippen LogP contribution is -2.40. The second kappa shape index (κ2) is 9.12. The van der Waals surface area contributed by atoms with Gasteiger partial charge in [-0.15, -0.1) is 0 Å². The Balaban J connectivity index is 1.88. The van der Waals surface area contributed by atoms with Gasteiger partial charge < -0.3 is 9.47 Å². The lowest BCUT2D eigenvalue weighted by molar-refractivity contribution is -0.117. The SMILES string of the molecule is CCOc1ccc(C(=O)NNC(=O)/C=C/c2ccccc2OC)cc1. The van der Waals surface area contributed by atoms with Crippen LogP contribution in [0.2, 0.25) is 0 Å². The summed E-state index contributed by atoms with van der Waals surface area (Å²) >= 11 is 0. The zero-order valence-corrected chi connectivity index (χ0v) is 14.1. The minimum Gasteiger partial charge on any atom is -0.496 e. The lowest BCUT2D eigenvalue weighted by atomic mass is 10.2. The zero-order chi connectivity index (χ0) is 18.1. The number of nitrogens with one attached hydrogen (secondary N) is 2. The van der Waals surface area contributed by atoms with Crippen molar-refractivity contribution < 1.29 is 19.1 Å². The third kappa shape index (κ3) is 5.39. The number of carbonyl (C=O) groups excluding carboxylic acids is 2. The van der Waals surface area contributed by atoms with Crippen molar-refractivity contribution in [3.8, 4) is 11.5 Å². The number of ether oxygens (including phenoxy) is 2. The average Bonchev–Trinajstić information content (AvgIpc) is 2.65. The van der Waals surface area contributed by atoms with Crippen molar-refractivity contribution in [1.29, 1.82) is 0 Å². The Bertz CT molecular complexity index is 754. The fraction of sp³-hybridized carbons (Fsp3) is 0.158. The summed E-state index contributed by atoms with van der Waals surface area (Å²) in [5.74, 6) is 0.472. The van der Waals surface area contributed by atoms with Crippen LogP contribution in [0.25, 0.3) is 6.08 Å². The summed E-state index contributed by atoms with van der Waals surface area (Å²) in [4.78, 5) is 23.8. The van der Waals surface area contributed by atoms with E-state index >= 15 is 0 Å². The summed E-state index contributed by atoms with van der Waals surface area (Å²) in [6.07, 6.45) is 2.92. The summed E-state index contributed by atoms with van der Waals surface area (Å²) < 4.78 is 10.5. The number of para-hydroxylation sites is 1. The van der Waals surface area contributed by atoms with Gasteiger partial charge in [0, 0.05) is 17.2 Å². The third-order valence-electron chi connectivity index (χ3n) is 3.28. The Kier molecular flexibility index (Phi) is 6.59. The van der Waals surface area contributed by atoms with Crippen LogP contribution in [-0.4, -0.2) is 25.5 Å². The molecule has 25 heavy (non-hydrogen) atoms. The van der Waals surface area contributed by atoms with Crippen LogP contribution >= 0.6 is 0 Å². The number of carbonyl (C=O) groups is 2. The molecule has 0 saturated heterocycles. The molecule has 0 aliphatic rings. The summed E-state index contributed by atoms with van der Waals surface area (Å²) in [5.41, 5.74) is 5.86. The minimum absolute atomic E-state index is 0.414. The number of rotatable bonds is 6. The summed E-state index contributed by atoms with van der Waals surface area (Å²) in [6.45, 7) is 2.44. The van der Waals surface area contributed by atoms with Crippen LogP contribution < -0.4 is 20.3 Å². The average molecular weight is 340 g/mol. The highest BCUT2D eigenvalue weighted by Crippen LogP contribution is 2.18. The molecular weight excluding hydrogens is 320 g/mol. The van der Waals surface area contributed by atoms with Crippen molar-refractivity contribution >= 4 is 17.9 Å². The maximum absolute atomic E-state index is 12.0. The Labute approximate surface area is 146 Å². The van der Waals surface area contributed by atoms with Crippen molar-refractivity contribution in [2.75, 3.05) is 13.7 Å². The van der Waals surface area contributed by atoms with Crippen LogP contribution in [0.1, 0.15) is 22.8 Å². The predicted molar refractivity (Wildman–Crippen MR) is 95.2 cm³/mol. The van der Waals surface area contributed by atoms with Crippen LogP contribution in [0, 0.1) is 0 Å². The number of benzene rings is 2. The van der Waals surface area contributed by atoms with Crippen LogP contribution in [-0.2, 0) is 4.79 Å². The van der Waals surface area contributed by atoms with Gasteiger partial charge >= 0.3 is 0 Å². The highest BCUT2D eigenvalue weighted by molar-refractivity contribution is 5.98. The standard InChI is InChI=1S/C19H20N2O4/c1-3-25-16-11-8-15(9-12-16)19(23)21-20-18(22)13-10-14-6-4-5-7-17(14)24-2/h4-13H,3H2,1-2H3,(H,20,22)(H,21,23)/b13-10+. The molecule has 0 fully saturated rings. The van der Waals surface area contributed by atoms with Crippen molar-refractivity contribution in [2.45, 2.75) is 6.92 Å². The number of methoxy groups -OCH3 is 1. The summed E-state index contributed by atoms with van der Waals surface area (Å²) in [6, 6.07) is 13.9. The van der Waals surface area contributed by atoms with Gasteiger partial charge in [0.1, 0.15) is 11.5 Å². The first-order chi connectivity index (χ1) is 12.1. The maximum Gasteiger partial charge on any atom is 0.269 e. The Morgan fingerprint density at radius 1 is 1.04 bits per heavy atom. The van der Waals surface area contributed by atoms with E-state index in [9.17, 15) is 9.59 Å². The van der Waals surface area contributed by atoms with Crippen LogP contribution in [0.5, 0.6) is 11.5 Å². The monoisotopic (exact) mass is 340 g/mol. The van der Waals surface area contributed by atoms with E-state index in [4.69, 9.17) is 9.47 Å². The van der Waals surface area contributed by atoms with E-state index in [0.29, 0.717) is 23.7 Å². The molecule has 130 valence electrons. The quantitative estimate of drug-likeness (QED) is 0.626. The Hall–Kier alpha value is -3.28. The molecule has 0 atom stereocenters. The highest BCUT2D eigenvalue weighted by atomic mass is 16.5. The Morgan fingerprint density at radius 3 is 2.44 bits per heavy atom. The molecular formula is C19H20N2O4. The third-order valence-corrected chi connectivity index (χ3v) is 3.28. The van der Waals surface area contributed by atoms with E-state index in [2.05, 4.69) is 10.9 Å². The van der Waals surface area contributed by atoms with Crippen molar-refractivity contribution in [3.63, 3.8) is 0 Å². The van der Waals surface area contributed by atoms with E-state index in [1.54, 1.807) is 43.5 Å². The maximum atomic E-state index is 12.0. The molecule has 2 amide bonds. The summed E-state index contributed by atoms with van der Waals surface area (Å²) in [7, 11) is 1.56. The fourth-order valence-electron chi connectivity index (χ4n) is 2.07. The first kappa shape index (κ1) is 18.1. The molecule has 2 N–H and O–H groups in total. The number of hydrogen-bond acceptors (Lipinski definition) is 4. The first-order valence-corrected chi connectivity index (χ1v) is 7.78. The van der Waals surface area contributed by atoms with Gasteiger partial charge in [-0.25, -0.2) is 0 Å². The van der Waals surface area contributed by atoms with Crippen LogP contribution in [0.4, 0.5) is 0 Å². The van der Waals surface area contributed by atoms with E-state index in [0.717, 1.165) is 5.56 Å². The zero-order valence-electron chi connectivity index (χ0n) is 14.1. The van der Waals surface area contributed by atoms with Gasteiger partial charge in [-0.2, -0.15) is 0 Å². The van der Waals surface area contributed by atoms with Crippen LogP contribution in [0.15, 0.2) is 54.6 Å². The molecule has 0 saturated carbocycles. The number of hydrazine groups is 1. The molecule has 6 heteroatoms.